The van der Waals surface area contributed by atoms with Crippen LogP contribution in [0.25, 0.3) is 6.08 Å². The van der Waals surface area contributed by atoms with Crippen molar-refractivity contribution in [1.29, 1.82) is 0 Å². The van der Waals surface area contributed by atoms with Crippen LogP contribution < -0.4 is 10.6 Å². The molecule has 2 aliphatic rings. The lowest BCUT2D eigenvalue weighted by atomic mass is 10.0. The molecule has 2 aromatic heterocycles. The van der Waals surface area contributed by atoms with Crippen molar-refractivity contribution in [3.05, 3.63) is 47.3 Å². The highest BCUT2D eigenvalue weighted by atomic mass is 16.5. The molecule has 1 atom stereocenters. The molecule has 4 heterocycles. The molecule has 0 unspecified atom stereocenters. The normalized spacial score (nSPS) is 19.0. The number of hydrogen-bond donors (Lipinski definition) is 2. The quantitative estimate of drug-likeness (QED) is 0.894. The monoisotopic (exact) mass is 337 g/mol. The molecule has 0 saturated carbocycles. The predicted molar refractivity (Wildman–Crippen MR) is 99.8 cm³/mol. The molecule has 1 saturated heterocycles. The van der Waals surface area contributed by atoms with E-state index in [-0.39, 0.29) is 0 Å². The van der Waals surface area contributed by atoms with Gasteiger partial charge in [0.1, 0.15) is 17.5 Å². The SMILES string of the molecule is Cc1ccnc(Nc2cc3c(c(N[C@H]4CCOC4)n2)CN(C)C=C3)c1. The number of pyridine rings is 2. The van der Waals surface area contributed by atoms with Gasteiger partial charge in [-0.2, -0.15) is 0 Å². The van der Waals surface area contributed by atoms with Crippen molar-refractivity contribution in [2.24, 2.45) is 0 Å². The van der Waals surface area contributed by atoms with E-state index in [0.29, 0.717) is 6.04 Å². The van der Waals surface area contributed by atoms with E-state index in [1.807, 2.05) is 12.1 Å². The zero-order valence-electron chi connectivity index (χ0n) is 14.6. The minimum absolute atomic E-state index is 0.320. The number of hydrogen-bond acceptors (Lipinski definition) is 6. The summed E-state index contributed by atoms with van der Waals surface area (Å²) in [6, 6.07) is 6.40. The molecule has 130 valence electrons. The van der Waals surface area contributed by atoms with Gasteiger partial charge in [0, 0.05) is 32.0 Å². The fraction of sp³-hybridized carbons (Fsp3) is 0.368. The first-order chi connectivity index (χ1) is 12.2. The summed E-state index contributed by atoms with van der Waals surface area (Å²) in [7, 11) is 2.07. The zero-order chi connectivity index (χ0) is 17.2. The second kappa shape index (κ2) is 6.72. The lowest BCUT2D eigenvalue weighted by Gasteiger charge is -2.25. The van der Waals surface area contributed by atoms with Gasteiger partial charge in [-0.3, -0.25) is 0 Å². The lowest BCUT2D eigenvalue weighted by Crippen LogP contribution is -2.24. The Morgan fingerprint density at radius 1 is 1.28 bits per heavy atom. The summed E-state index contributed by atoms with van der Waals surface area (Å²) in [6.07, 6.45) is 7.05. The highest BCUT2D eigenvalue weighted by molar-refractivity contribution is 5.69. The first kappa shape index (κ1) is 15.9. The summed E-state index contributed by atoms with van der Waals surface area (Å²) in [4.78, 5) is 11.4. The van der Waals surface area contributed by atoms with Crippen molar-refractivity contribution in [3.63, 3.8) is 0 Å². The average molecular weight is 337 g/mol. The molecular formula is C19H23N5O. The van der Waals surface area contributed by atoms with Crippen molar-refractivity contribution in [1.82, 2.24) is 14.9 Å². The number of ether oxygens (including phenoxy) is 1. The fourth-order valence-electron chi connectivity index (χ4n) is 3.18. The summed E-state index contributed by atoms with van der Waals surface area (Å²) in [6.45, 7) is 4.44. The van der Waals surface area contributed by atoms with E-state index in [9.17, 15) is 0 Å². The maximum Gasteiger partial charge on any atom is 0.134 e. The van der Waals surface area contributed by atoms with Crippen LogP contribution in [-0.4, -0.2) is 41.2 Å². The summed E-state index contributed by atoms with van der Waals surface area (Å²) in [5.74, 6) is 2.53. The highest BCUT2D eigenvalue weighted by Crippen LogP contribution is 2.29. The zero-order valence-corrected chi connectivity index (χ0v) is 14.6. The summed E-state index contributed by atoms with van der Waals surface area (Å²) < 4.78 is 5.49. The molecule has 0 aliphatic carbocycles. The van der Waals surface area contributed by atoms with Gasteiger partial charge in [0.25, 0.3) is 0 Å². The van der Waals surface area contributed by atoms with Gasteiger partial charge in [-0.15, -0.1) is 0 Å². The van der Waals surface area contributed by atoms with Crippen LogP contribution in [0.1, 0.15) is 23.1 Å². The Morgan fingerprint density at radius 3 is 3.00 bits per heavy atom. The van der Waals surface area contributed by atoms with Crippen LogP contribution >= 0.6 is 0 Å². The van der Waals surface area contributed by atoms with Crippen molar-refractivity contribution < 1.29 is 4.74 Å². The molecule has 0 bridgehead atoms. The van der Waals surface area contributed by atoms with Crippen LogP contribution in [0.3, 0.4) is 0 Å². The first-order valence-electron chi connectivity index (χ1n) is 8.64. The summed E-state index contributed by atoms with van der Waals surface area (Å²) in [5.41, 5.74) is 3.57. The first-order valence-corrected chi connectivity index (χ1v) is 8.64. The van der Waals surface area contributed by atoms with Crippen molar-refractivity contribution in [3.8, 4) is 0 Å². The van der Waals surface area contributed by atoms with E-state index in [2.05, 4.69) is 52.8 Å². The molecule has 2 N–H and O–H groups in total. The molecule has 2 aliphatic heterocycles. The number of rotatable bonds is 4. The second-order valence-corrected chi connectivity index (χ2v) is 6.70. The standard InChI is InChI=1S/C19H23N5O/c1-13-3-6-20-17(9-13)22-18-10-14-4-7-24(2)11-16(14)19(23-18)21-15-5-8-25-12-15/h3-4,6-7,9-10,15H,5,8,11-12H2,1-2H3,(H2,20,21,22,23)/t15-/m0/s1. The average Bonchev–Trinajstić information content (AvgIpc) is 3.09. The van der Waals surface area contributed by atoms with E-state index in [1.54, 1.807) is 6.20 Å². The minimum atomic E-state index is 0.320. The Balaban J connectivity index is 1.67. The van der Waals surface area contributed by atoms with E-state index in [1.165, 1.54) is 16.7 Å². The summed E-state index contributed by atoms with van der Waals surface area (Å²) >= 11 is 0. The number of aryl methyl sites for hydroxylation is 1. The van der Waals surface area contributed by atoms with E-state index >= 15 is 0 Å². The third-order valence-electron chi connectivity index (χ3n) is 4.52. The fourth-order valence-corrected chi connectivity index (χ4v) is 3.18. The maximum absolute atomic E-state index is 5.49. The second-order valence-electron chi connectivity index (χ2n) is 6.70. The molecular weight excluding hydrogens is 314 g/mol. The van der Waals surface area contributed by atoms with E-state index < -0.39 is 0 Å². The molecule has 1 fully saturated rings. The molecule has 6 heteroatoms. The van der Waals surface area contributed by atoms with Gasteiger partial charge in [-0.05, 0) is 54.9 Å². The predicted octanol–water partition coefficient (Wildman–Crippen LogP) is 3.15. The molecule has 0 amide bonds. The smallest absolute Gasteiger partial charge is 0.134 e. The number of nitrogens with zero attached hydrogens (tertiary/aromatic N) is 3. The van der Waals surface area contributed by atoms with Gasteiger partial charge >= 0.3 is 0 Å². The molecule has 4 rings (SSSR count). The molecule has 2 aromatic rings. The number of fused-ring (bicyclic) bond motifs is 1. The number of anilines is 3. The van der Waals surface area contributed by atoms with Gasteiger partial charge in [0.05, 0.1) is 12.6 Å². The van der Waals surface area contributed by atoms with Gasteiger partial charge in [-0.1, -0.05) is 0 Å². The molecule has 0 spiro atoms. The van der Waals surface area contributed by atoms with E-state index in [0.717, 1.165) is 43.6 Å². The van der Waals surface area contributed by atoms with Crippen LogP contribution in [0, 0.1) is 6.92 Å². The molecule has 6 nitrogen and oxygen atoms in total. The maximum atomic E-state index is 5.49. The Morgan fingerprint density at radius 2 is 2.20 bits per heavy atom. The van der Waals surface area contributed by atoms with Crippen molar-refractivity contribution >= 4 is 23.5 Å². The van der Waals surface area contributed by atoms with E-state index in [4.69, 9.17) is 9.72 Å². The third kappa shape index (κ3) is 3.58. The lowest BCUT2D eigenvalue weighted by molar-refractivity contribution is 0.195. The van der Waals surface area contributed by atoms with Gasteiger partial charge in [0.2, 0.25) is 0 Å². The van der Waals surface area contributed by atoms with Crippen molar-refractivity contribution in [2.45, 2.75) is 25.9 Å². The Labute approximate surface area is 147 Å². The summed E-state index contributed by atoms with van der Waals surface area (Å²) in [5, 5.41) is 6.90. The third-order valence-corrected chi connectivity index (χ3v) is 4.52. The van der Waals surface area contributed by atoms with Crippen LogP contribution in [0.4, 0.5) is 17.5 Å². The van der Waals surface area contributed by atoms with Crippen LogP contribution in [0.15, 0.2) is 30.6 Å². The Bertz CT molecular complexity index is 798. The van der Waals surface area contributed by atoms with Gasteiger partial charge < -0.3 is 20.3 Å². The number of nitrogens with one attached hydrogen (secondary N) is 2. The molecule has 0 radical (unpaired) electrons. The molecule has 0 aromatic carbocycles. The van der Waals surface area contributed by atoms with Crippen LogP contribution in [-0.2, 0) is 11.3 Å². The Kier molecular flexibility index (Phi) is 4.28. The van der Waals surface area contributed by atoms with Crippen LogP contribution in [0.5, 0.6) is 0 Å². The van der Waals surface area contributed by atoms with Gasteiger partial charge in [0.15, 0.2) is 0 Å². The Hall–Kier alpha value is -2.60. The van der Waals surface area contributed by atoms with Crippen LogP contribution in [0.2, 0.25) is 0 Å². The highest BCUT2D eigenvalue weighted by Gasteiger charge is 2.21. The number of aromatic nitrogens is 2. The van der Waals surface area contributed by atoms with Gasteiger partial charge in [-0.25, -0.2) is 9.97 Å². The van der Waals surface area contributed by atoms with Crippen molar-refractivity contribution in [2.75, 3.05) is 30.9 Å². The topological polar surface area (TPSA) is 62.3 Å². The largest absolute Gasteiger partial charge is 0.379 e. The molecule has 25 heavy (non-hydrogen) atoms. The minimum Gasteiger partial charge on any atom is -0.379 e.